The maximum Gasteiger partial charge on any atom is 0.226 e. The molecule has 1 nitrogen and oxygen atoms in total. The summed E-state index contributed by atoms with van der Waals surface area (Å²) < 4.78 is 13.2. The number of aromatic nitrogens is 1. The van der Waals surface area contributed by atoms with Crippen LogP contribution in [-0.4, -0.2) is 4.98 Å². The lowest BCUT2D eigenvalue weighted by Gasteiger charge is -1.95. The summed E-state index contributed by atoms with van der Waals surface area (Å²) >= 11 is 5.09. The van der Waals surface area contributed by atoms with Gasteiger partial charge in [-0.2, -0.15) is 4.39 Å². The molecule has 10 heavy (non-hydrogen) atoms. The van der Waals surface area contributed by atoms with Gasteiger partial charge in [0.25, 0.3) is 0 Å². The zero-order valence-electron chi connectivity index (χ0n) is 4.94. The van der Waals surface area contributed by atoms with Crippen molar-refractivity contribution < 1.29 is 4.39 Å². The average Bonchev–Trinajstić information content (AvgIpc) is 1.95. The molecule has 0 atom stereocenters. The van der Waals surface area contributed by atoms with Gasteiger partial charge in [0, 0.05) is 5.33 Å². The van der Waals surface area contributed by atoms with Gasteiger partial charge >= 0.3 is 0 Å². The van der Waals surface area contributed by atoms with Crippen LogP contribution in [-0.2, 0) is 5.33 Å². The maximum atomic E-state index is 12.6. The third kappa shape index (κ3) is 1.88. The van der Waals surface area contributed by atoms with E-state index in [4.69, 9.17) is 0 Å². The zero-order chi connectivity index (χ0) is 7.56. The number of hydrogen-bond acceptors (Lipinski definition) is 1. The van der Waals surface area contributed by atoms with Crippen molar-refractivity contribution in [3.63, 3.8) is 0 Å². The summed E-state index contributed by atoms with van der Waals surface area (Å²) in [6.07, 6.45) is 0. The van der Waals surface area contributed by atoms with E-state index in [1.807, 2.05) is 22.6 Å². The van der Waals surface area contributed by atoms with Crippen LogP contribution in [0.1, 0.15) is 5.69 Å². The first-order valence-corrected chi connectivity index (χ1v) is 4.81. The fourth-order valence-corrected chi connectivity index (χ4v) is 1.14. The molecule has 0 N–H and O–H groups in total. The van der Waals surface area contributed by atoms with E-state index in [9.17, 15) is 4.39 Å². The highest BCUT2D eigenvalue weighted by molar-refractivity contribution is 14.1. The van der Waals surface area contributed by atoms with E-state index in [0.717, 1.165) is 5.69 Å². The Balaban J connectivity index is 3.04. The number of halogens is 3. The van der Waals surface area contributed by atoms with Gasteiger partial charge < -0.3 is 0 Å². The molecule has 54 valence electrons. The molecule has 0 fully saturated rings. The third-order valence-electron chi connectivity index (χ3n) is 0.998. The Kier molecular flexibility index (Phi) is 3.03. The van der Waals surface area contributed by atoms with Crippen molar-refractivity contribution in [2.24, 2.45) is 0 Å². The number of alkyl halides is 1. The van der Waals surface area contributed by atoms with E-state index < -0.39 is 5.95 Å². The molecule has 1 aromatic heterocycles. The fourth-order valence-electron chi connectivity index (χ4n) is 0.529. The standard InChI is InChI=1S/C6H4BrFIN/c7-3-4-1-2-5(9)6(8)10-4/h1-2H,3H2. The van der Waals surface area contributed by atoms with Crippen molar-refractivity contribution in [3.8, 4) is 0 Å². The second kappa shape index (κ2) is 3.61. The predicted octanol–water partition coefficient (Wildman–Crippen LogP) is 2.72. The van der Waals surface area contributed by atoms with E-state index >= 15 is 0 Å². The molecular weight excluding hydrogens is 312 g/mol. The fraction of sp³-hybridized carbons (Fsp3) is 0.167. The minimum atomic E-state index is -0.391. The monoisotopic (exact) mass is 315 g/mol. The van der Waals surface area contributed by atoms with Crippen LogP contribution < -0.4 is 0 Å². The van der Waals surface area contributed by atoms with Crippen molar-refractivity contribution >= 4 is 38.5 Å². The maximum absolute atomic E-state index is 12.6. The van der Waals surface area contributed by atoms with Gasteiger partial charge in [0.05, 0.1) is 9.26 Å². The summed E-state index contributed by atoms with van der Waals surface area (Å²) in [5.74, 6) is -0.391. The number of pyridine rings is 1. The normalized spacial score (nSPS) is 9.90. The lowest BCUT2D eigenvalue weighted by atomic mass is 10.4. The van der Waals surface area contributed by atoms with Crippen LogP contribution in [0.3, 0.4) is 0 Å². The first-order chi connectivity index (χ1) is 4.74. The molecule has 0 radical (unpaired) electrons. The Labute approximate surface area is 80.3 Å². The third-order valence-corrected chi connectivity index (χ3v) is 2.38. The van der Waals surface area contributed by atoms with Crippen LogP contribution >= 0.6 is 38.5 Å². The van der Waals surface area contributed by atoms with Crippen molar-refractivity contribution in [3.05, 3.63) is 27.3 Å². The Morgan fingerprint density at radius 2 is 2.30 bits per heavy atom. The number of hydrogen-bond donors (Lipinski definition) is 0. The van der Waals surface area contributed by atoms with Crippen molar-refractivity contribution in [1.82, 2.24) is 4.98 Å². The van der Waals surface area contributed by atoms with Crippen LogP contribution in [0, 0.1) is 9.52 Å². The molecule has 1 rings (SSSR count). The lowest BCUT2D eigenvalue weighted by Crippen LogP contribution is -1.91. The second-order valence-electron chi connectivity index (χ2n) is 1.71. The quantitative estimate of drug-likeness (QED) is 0.441. The molecule has 0 aliphatic rings. The predicted molar refractivity (Wildman–Crippen MR) is 49.5 cm³/mol. The van der Waals surface area contributed by atoms with Gasteiger partial charge in [0.15, 0.2) is 0 Å². The van der Waals surface area contributed by atoms with E-state index in [1.54, 1.807) is 12.1 Å². The van der Waals surface area contributed by atoms with E-state index in [2.05, 4.69) is 20.9 Å². The molecule has 0 amide bonds. The number of rotatable bonds is 1. The van der Waals surface area contributed by atoms with Crippen LogP contribution in [0.15, 0.2) is 12.1 Å². The Morgan fingerprint density at radius 1 is 1.60 bits per heavy atom. The van der Waals surface area contributed by atoms with Gasteiger partial charge in [-0.05, 0) is 34.7 Å². The molecule has 0 unspecified atom stereocenters. The molecule has 0 aliphatic heterocycles. The summed E-state index contributed by atoms with van der Waals surface area (Å²) in [7, 11) is 0. The van der Waals surface area contributed by atoms with Gasteiger partial charge in [0.1, 0.15) is 0 Å². The molecule has 0 saturated heterocycles. The summed E-state index contributed by atoms with van der Waals surface area (Å²) in [5, 5.41) is 0.598. The summed E-state index contributed by atoms with van der Waals surface area (Å²) in [6.45, 7) is 0. The lowest BCUT2D eigenvalue weighted by molar-refractivity contribution is 0.572. The molecule has 0 bridgehead atoms. The van der Waals surface area contributed by atoms with E-state index in [-0.39, 0.29) is 0 Å². The first kappa shape index (κ1) is 8.39. The zero-order valence-corrected chi connectivity index (χ0v) is 8.69. The number of nitrogens with zero attached hydrogens (tertiary/aromatic N) is 1. The highest BCUT2D eigenvalue weighted by Crippen LogP contribution is 2.10. The van der Waals surface area contributed by atoms with Crippen molar-refractivity contribution in [2.75, 3.05) is 0 Å². The van der Waals surface area contributed by atoms with Gasteiger partial charge in [-0.25, -0.2) is 4.98 Å². The van der Waals surface area contributed by atoms with Gasteiger partial charge in [-0.15, -0.1) is 0 Å². The minimum absolute atomic E-state index is 0.391. The summed E-state index contributed by atoms with van der Waals surface area (Å²) in [6, 6.07) is 3.50. The highest BCUT2D eigenvalue weighted by Gasteiger charge is 1.99. The SMILES string of the molecule is Fc1nc(CBr)ccc1I. The summed E-state index contributed by atoms with van der Waals surface area (Å²) in [5.41, 5.74) is 0.720. The van der Waals surface area contributed by atoms with Gasteiger partial charge in [-0.1, -0.05) is 15.9 Å². The van der Waals surface area contributed by atoms with Gasteiger partial charge in [-0.3, -0.25) is 0 Å². The molecule has 4 heteroatoms. The molecule has 0 aromatic carbocycles. The molecule has 0 spiro atoms. The van der Waals surface area contributed by atoms with Crippen LogP contribution in [0.25, 0.3) is 0 Å². The molecule has 1 heterocycles. The Hall–Kier alpha value is 0.290. The Morgan fingerprint density at radius 3 is 2.80 bits per heavy atom. The first-order valence-electron chi connectivity index (χ1n) is 2.61. The average molecular weight is 316 g/mol. The summed E-state index contributed by atoms with van der Waals surface area (Å²) in [4.78, 5) is 3.67. The van der Waals surface area contributed by atoms with Gasteiger partial charge in [0.2, 0.25) is 5.95 Å². The van der Waals surface area contributed by atoms with E-state index in [0.29, 0.717) is 8.90 Å². The largest absolute Gasteiger partial charge is 0.226 e. The molecule has 1 aromatic rings. The van der Waals surface area contributed by atoms with Crippen molar-refractivity contribution in [1.29, 1.82) is 0 Å². The topological polar surface area (TPSA) is 12.9 Å². The van der Waals surface area contributed by atoms with Crippen LogP contribution in [0.2, 0.25) is 0 Å². The smallest absolute Gasteiger partial charge is 0.223 e. The minimum Gasteiger partial charge on any atom is -0.223 e. The molecule has 0 saturated carbocycles. The second-order valence-corrected chi connectivity index (χ2v) is 3.43. The van der Waals surface area contributed by atoms with Crippen molar-refractivity contribution in [2.45, 2.75) is 5.33 Å². The molecular formula is C6H4BrFIN. The van der Waals surface area contributed by atoms with Crippen LogP contribution in [0.4, 0.5) is 4.39 Å². The van der Waals surface area contributed by atoms with E-state index in [1.165, 1.54) is 0 Å². The highest BCUT2D eigenvalue weighted by atomic mass is 127. The Bertz CT molecular complexity index is 241. The van der Waals surface area contributed by atoms with Crippen LogP contribution in [0.5, 0.6) is 0 Å². The molecule has 0 aliphatic carbocycles.